The lowest BCUT2D eigenvalue weighted by Gasteiger charge is -2.52. The zero-order valence-corrected chi connectivity index (χ0v) is 19.5. The Hall–Kier alpha value is -2.05. The Morgan fingerprint density at radius 2 is 1.97 bits per heavy atom. The maximum atomic E-state index is 12.9. The van der Waals surface area contributed by atoms with Gasteiger partial charge in [0, 0.05) is 50.5 Å². The zero-order valence-electron chi connectivity index (χ0n) is 19.5. The highest BCUT2D eigenvalue weighted by Crippen LogP contribution is 2.56. The standard InChI is InChI=1S/C26H36N2O4/c1-17-7-6-8-18-15-22-23(24(29)26(17,18)2)19(25(30)32-22)16-27-11-13-28(14-12-27)20-9-4-5-10-21(20)31-3/h4-5,8-10,17,19,22-24,29H,6-7,11-16H2,1-3H3/t17-,19-,22-,23-,24-,26-/m1/s1. The van der Waals surface area contributed by atoms with E-state index in [1.807, 2.05) is 18.2 Å². The summed E-state index contributed by atoms with van der Waals surface area (Å²) in [6.07, 6.45) is 4.52. The molecule has 5 rings (SSSR count). The molecule has 32 heavy (non-hydrogen) atoms. The van der Waals surface area contributed by atoms with Crippen LogP contribution < -0.4 is 9.64 Å². The lowest BCUT2D eigenvalue weighted by molar-refractivity contribution is -0.145. The highest BCUT2D eigenvalue weighted by Gasteiger charge is 2.59. The number of aliphatic hydroxyl groups excluding tert-OH is 1. The van der Waals surface area contributed by atoms with E-state index >= 15 is 0 Å². The van der Waals surface area contributed by atoms with Gasteiger partial charge in [-0.25, -0.2) is 0 Å². The second-order valence-corrected chi connectivity index (χ2v) is 10.3. The molecule has 6 atom stereocenters. The molecule has 2 saturated heterocycles. The van der Waals surface area contributed by atoms with Crippen molar-refractivity contribution in [2.45, 2.75) is 45.3 Å². The number of piperazine rings is 1. The van der Waals surface area contributed by atoms with E-state index < -0.39 is 6.10 Å². The summed E-state index contributed by atoms with van der Waals surface area (Å²) in [5.74, 6) is 0.825. The summed E-state index contributed by atoms with van der Waals surface area (Å²) in [6.45, 7) is 8.67. The lowest BCUT2D eigenvalue weighted by Crippen LogP contribution is -2.55. The third-order valence-corrected chi connectivity index (χ3v) is 8.82. The van der Waals surface area contributed by atoms with Crippen molar-refractivity contribution >= 4 is 11.7 Å². The first-order valence-corrected chi connectivity index (χ1v) is 12.1. The Balaban J connectivity index is 1.28. The molecule has 1 N–H and O–H groups in total. The number of carbonyl (C=O) groups excluding carboxylic acids is 1. The highest BCUT2D eigenvalue weighted by atomic mass is 16.6. The predicted molar refractivity (Wildman–Crippen MR) is 124 cm³/mol. The average molecular weight is 441 g/mol. The first kappa shape index (κ1) is 21.8. The predicted octanol–water partition coefficient (Wildman–Crippen LogP) is 3.10. The number of allylic oxidation sites excluding steroid dienone is 1. The Morgan fingerprint density at radius 3 is 2.72 bits per heavy atom. The van der Waals surface area contributed by atoms with Crippen molar-refractivity contribution in [1.29, 1.82) is 0 Å². The largest absolute Gasteiger partial charge is 0.495 e. The Morgan fingerprint density at radius 1 is 1.22 bits per heavy atom. The van der Waals surface area contributed by atoms with Crippen LogP contribution in [-0.4, -0.2) is 68.0 Å². The molecule has 0 aromatic heterocycles. The number of methoxy groups -OCH3 is 1. The fraction of sp³-hybridized carbons (Fsp3) is 0.654. The third kappa shape index (κ3) is 3.43. The van der Waals surface area contributed by atoms with Crippen molar-refractivity contribution in [3.63, 3.8) is 0 Å². The normalized spacial score (nSPS) is 37.4. The molecule has 174 valence electrons. The lowest BCUT2D eigenvalue weighted by atomic mass is 9.55. The van der Waals surface area contributed by atoms with Gasteiger partial charge in [-0.05, 0) is 30.9 Å². The first-order valence-electron chi connectivity index (χ1n) is 12.1. The topological polar surface area (TPSA) is 62.2 Å². The van der Waals surface area contributed by atoms with Crippen LogP contribution >= 0.6 is 0 Å². The van der Waals surface area contributed by atoms with E-state index in [4.69, 9.17) is 9.47 Å². The van der Waals surface area contributed by atoms with Crippen molar-refractivity contribution in [2.24, 2.45) is 23.2 Å². The number of fused-ring (bicyclic) bond motifs is 2. The smallest absolute Gasteiger partial charge is 0.311 e. The minimum Gasteiger partial charge on any atom is -0.495 e. The van der Waals surface area contributed by atoms with Gasteiger partial charge in [-0.3, -0.25) is 9.69 Å². The summed E-state index contributed by atoms with van der Waals surface area (Å²) >= 11 is 0. The van der Waals surface area contributed by atoms with E-state index in [-0.39, 0.29) is 29.3 Å². The molecular weight excluding hydrogens is 404 g/mol. The van der Waals surface area contributed by atoms with Crippen molar-refractivity contribution in [3.8, 4) is 5.75 Å². The van der Waals surface area contributed by atoms with Crippen LogP contribution in [0.2, 0.25) is 0 Å². The van der Waals surface area contributed by atoms with Crippen LogP contribution in [0.1, 0.15) is 33.1 Å². The van der Waals surface area contributed by atoms with Gasteiger partial charge in [0.2, 0.25) is 0 Å². The molecule has 0 bridgehead atoms. The van der Waals surface area contributed by atoms with Crippen LogP contribution in [0.25, 0.3) is 0 Å². The van der Waals surface area contributed by atoms with Crippen LogP contribution in [0.4, 0.5) is 5.69 Å². The molecular formula is C26H36N2O4. The van der Waals surface area contributed by atoms with Crippen molar-refractivity contribution < 1.29 is 19.4 Å². The first-order chi connectivity index (χ1) is 15.4. The van der Waals surface area contributed by atoms with Gasteiger partial charge < -0.3 is 19.5 Å². The SMILES string of the molecule is COc1ccccc1N1CCN(C[C@H]2C(=O)O[C@@H]3CC4=CCC[C@@H](C)[C@@]4(C)[C@H](O)[C@@H]32)CC1. The van der Waals surface area contributed by atoms with E-state index in [0.29, 0.717) is 12.5 Å². The molecule has 0 radical (unpaired) electrons. The van der Waals surface area contributed by atoms with Crippen LogP contribution in [0.15, 0.2) is 35.9 Å². The minimum absolute atomic E-state index is 0.113. The van der Waals surface area contributed by atoms with Crippen LogP contribution in [-0.2, 0) is 9.53 Å². The van der Waals surface area contributed by atoms with Crippen LogP contribution in [0.5, 0.6) is 5.75 Å². The zero-order chi connectivity index (χ0) is 22.5. The van der Waals surface area contributed by atoms with E-state index in [1.165, 1.54) is 5.57 Å². The molecule has 0 amide bonds. The number of hydrogen-bond donors (Lipinski definition) is 1. The number of rotatable bonds is 4. The van der Waals surface area contributed by atoms with Gasteiger partial charge in [0.05, 0.1) is 24.8 Å². The summed E-state index contributed by atoms with van der Waals surface area (Å²) in [4.78, 5) is 17.6. The summed E-state index contributed by atoms with van der Waals surface area (Å²) in [5, 5.41) is 11.6. The third-order valence-electron chi connectivity index (χ3n) is 8.82. The Bertz CT molecular complexity index is 894. The number of para-hydroxylation sites is 2. The van der Waals surface area contributed by atoms with E-state index in [2.05, 4.69) is 35.8 Å². The number of benzene rings is 1. The maximum absolute atomic E-state index is 12.9. The van der Waals surface area contributed by atoms with Crippen molar-refractivity contribution in [2.75, 3.05) is 44.7 Å². The molecule has 1 aromatic rings. The van der Waals surface area contributed by atoms with Gasteiger partial charge in [0.25, 0.3) is 0 Å². The highest BCUT2D eigenvalue weighted by molar-refractivity contribution is 5.76. The summed E-state index contributed by atoms with van der Waals surface area (Å²) in [5.41, 5.74) is 2.17. The molecule has 0 spiro atoms. The molecule has 6 heteroatoms. The maximum Gasteiger partial charge on any atom is 0.311 e. The minimum atomic E-state index is -0.533. The number of hydrogen-bond acceptors (Lipinski definition) is 6. The Labute approximate surface area is 191 Å². The van der Waals surface area contributed by atoms with E-state index in [1.54, 1.807) is 7.11 Å². The molecule has 3 fully saturated rings. The van der Waals surface area contributed by atoms with Crippen LogP contribution in [0.3, 0.4) is 0 Å². The number of anilines is 1. The number of ether oxygens (including phenoxy) is 2. The Kier molecular flexibility index (Phi) is 5.70. The molecule has 2 heterocycles. The summed E-state index contributed by atoms with van der Waals surface area (Å²) in [7, 11) is 1.71. The molecule has 6 nitrogen and oxygen atoms in total. The summed E-state index contributed by atoms with van der Waals surface area (Å²) in [6, 6.07) is 8.13. The second-order valence-electron chi connectivity index (χ2n) is 10.3. The fourth-order valence-electron chi connectivity index (χ4n) is 6.61. The van der Waals surface area contributed by atoms with Gasteiger partial charge >= 0.3 is 5.97 Å². The molecule has 2 aliphatic carbocycles. The number of esters is 1. The quantitative estimate of drug-likeness (QED) is 0.574. The molecule has 1 saturated carbocycles. The average Bonchev–Trinajstić information content (AvgIpc) is 3.11. The van der Waals surface area contributed by atoms with Crippen molar-refractivity contribution in [1.82, 2.24) is 4.90 Å². The van der Waals surface area contributed by atoms with Gasteiger partial charge in [-0.2, -0.15) is 0 Å². The molecule has 4 aliphatic rings. The van der Waals surface area contributed by atoms with Gasteiger partial charge in [-0.1, -0.05) is 37.6 Å². The molecule has 1 aromatic carbocycles. The van der Waals surface area contributed by atoms with E-state index in [9.17, 15) is 9.90 Å². The van der Waals surface area contributed by atoms with Crippen molar-refractivity contribution in [3.05, 3.63) is 35.9 Å². The summed E-state index contributed by atoms with van der Waals surface area (Å²) < 4.78 is 11.4. The number of aliphatic hydroxyl groups is 1. The van der Waals surface area contributed by atoms with Gasteiger partial charge in [0.15, 0.2) is 0 Å². The van der Waals surface area contributed by atoms with Crippen LogP contribution in [0, 0.1) is 23.2 Å². The molecule has 2 aliphatic heterocycles. The second kappa shape index (κ2) is 8.38. The monoisotopic (exact) mass is 440 g/mol. The molecule has 0 unspecified atom stereocenters. The number of nitrogens with zero attached hydrogens (tertiary/aromatic N) is 2. The van der Waals surface area contributed by atoms with Gasteiger partial charge in [0.1, 0.15) is 11.9 Å². The van der Waals surface area contributed by atoms with Gasteiger partial charge in [-0.15, -0.1) is 0 Å². The fourth-order valence-corrected chi connectivity index (χ4v) is 6.61. The number of carbonyl (C=O) groups is 1. The van der Waals surface area contributed by atoms with E-state index in [0.717, 1.165) is 56.9 Å².